The summed E-state index contributed by atoms with van der Waals surface area (Å²) in [6, 6.07) is 0. The maximum atomic E-state index is 12.8. The van der Waals surface area contributed by atoms with E-state index in [-0.39, 0.29) is 25.7 Å². The monoisotopic (exact) mass is 1040 g/mol. The third-order valence-corrected chi connectivity index (χ3v) is 13.8. The first-order chi connectivity index (χ1) is 33.6. The summed E-state index contributed by atoms with van der Waals surface area (Å²) in [6.07, 6.45) is 24.6. The molecule has 0 aliphatic heterocycles. The van der Waals surface area contributed by atoms with Crippen molar-refractivity contribution in [1.29, 1.82) is 0 Å². The Morgan fingerprint density at radius 2 is 0.686 bits per heavy atom. The lowest BCUT2D eigenvalue weighted by molar-refractivity contribution is -0.161. The van der Waals surface area contributed by atoms with Gasteiger partial charge in [0.15, 0.2) is 12.2 Å². The molecule has 0 aliphatic rings. The average molecular weight is 1050 g/mol. The number of aliphatic hydroxyl groups is 1. The highest BCUT2D eigenvalue weighted by Crippen LogP contribution is 2.45. The molecule has 6 atom stereocenters. The molecule has 0 aromatic heterocycles. The van der Waals surface area contributed by atoms with Crippen LogP contribution in [0, 0.1) is 5.92 Å². The molecule has 17 nitrogen and oxygen atoms in total. The summed E-state index contributed by atoms with van der Waals surface area (Å²) in [6.45, 7) is 6.87. The van der Waals surface area contributed by atoms with Crippen molar-refractivity contribution < 1.29 is 80.2 Å². The zero-order valence-electron chi connectivity index (χ0n) is 44.1. The molecule has 0 aliphatic carbocycles. The summed E-state index contributed by atoms with van der Waals surface area (Å²) >= 11 is 0. The number of hydrogen-bond acceptors (Lipinski definition) is 15. The fourth-order valence-electron chi connectivity index (χ4n) is 7.25. The molecule has 414 valence electrons. The molecule has 19 heteroatoms. The second kappa shape index (κ2) is 45.7. The molecule has 0 aromatic carbocycles. The molecule has 0 saturated heterocycles. The number of esters is 4. The van der Waals surface area contributed by atoms with E-state index in [4.69, 9.17) is 37.0 Å². The largest absolute Gasteiger partial charge is 0.472 e. The van der Waals surface area contributed by atoms with Crippen molar-refractivity contribution in [3.8, 4) is 0 Å². The van der Waals surface area contributed by atoms with Crippen LogP contribution < -0.4 is 0 Å². The lowest BCUT2D eigenvalue weighted by Gasteiger charge is -2.21. The molecular formula is C51H98O17P2. The predicted molar refractivity (Wildman–Crippen MR) is 271 cm³/mol. The van der Waals surface area contributed by atoms with Crippen LogP contribution in [0.1, 0.15) is 240 Å². The van der Waals surface area contributed by atoms with Crippen LogP contribution in [0.4, 0.5) is 0 Å². The first-order valence-corrected chi connectivity index (χ1v) is 30.2. The molecule has 70 heavy (non-hydrogen) atoms. The van der Waals surface area contributed by atoms with Crippen LogP contribution in [0.2, 0.25) is 0 Å². The molecule has 3 N–H and O–H groups in total. The predicted octanol–water partition coefficient (Wildman–Crippen LogP) is 12.7. The van der Waals surface area contributed by atoms with Gasteiger partial charge in [-0.1, -0.05) is 189 Å². The van der Waals surface area contributed by atoms with Gasteiger partial charge < -0.3 is 33.8 Å². The zero-order valence-corrected chi connectivity index (χ0v) is 45.9. The maximum absolute atomic E-state index is 12.8. The number of phosphoric ester groups is 2. The third-order valence-electron chi connectivity index (χ3n) is 11.9. The number of unbranched alkanes of at least 4 members (excludes halogenated alkanes) is 22. The van der Waals surface area contributed by atoms with Crippen molar-refractivity contribution in [3.05, 3.63) is 0 Å². The number of carbonyl (C=O) groups is 4. The van der Waals surface area contributed by atoms with Gasteiger partial charge >= 0.3 is 39.5 Å². The Labute approximate surface area is 422 Å². The van der Waals surface area contributed by atoms with Gasteiger partial charge in [-0.15, -0.1) is 0 Å². The molecular weight excluding hydrogens is 946 g/mol. The van der Waals surface area contributed by atoms with Crippen molar-refractivity contribution in [2.45, 2.75) is 258 Å². The Kier molecular flexibility index (Phi) is 44.4. The smallest absolute Gasteiger partial charge is 0.462 e. The Bertz CT molecular complexity index is 1400. The lowest BCUT2D eigenvalue weighted by atomic mass is 9.99. The number of carbonyl (C=O) groups excluding carboxylic acids is 4. The fourth-order valence-corrected chi connectivity index (χ4v) is 8.83. The number of phosphoric acid groups is 2. The SMILES string of the molecule is CCCCCCCCCCC(=O)OC[C@H](COP(=O)(O)OC[C@@H](O)COP(=O)(O)OC[C@@H](COC(=O)CCCCCCC)OC(=O)CCCCCCC)OC(=O)CCCCCCCCCCC(C)CC. The van der Waals surface area contributed by atoms with Gasteiger partial charge in [-0.3, -0.25) is 37.3 Å². The third kappa shape index (κ3) is 44.7. The summed E-state index contributed by atoms with van der Waals surface area (Å²) in [5.41, 5.74) is 0. The van der Waals surface area contributed by atoms with Crippen LogP contribution in [0.5, 0.6) is 0 Å². The molecule has 0 rings (SSSR count). The number of hydrogen-bond donors (Lipinski definition) is 3. The first kappa shape index (κ1) is 68.1. The van der Waals surface area contributed by atoms with E-state index in [1.165, 1.54) is 51.4 Å². The van der Waals surface area contributed by atoms with Gasteiger partial charge in [0.25, 0.3) is 0 Å². The molecule has 0 heterocycles. The van der Waals surface area contributed by atoms with Gasteiger partial charge in [-0.2, -0.15) is 0 Å². The van der Waals surface area contributed by atoms with Crippen LogP contribution in [0.15, 0.2) is 0 Å². The number of aliphatic hydroxyl groups excluding tert-OH is 1. The normalized spacial score (nSPS) is 15.0. The Hall–Kier alpha value is -1.94. The van der Waals surface area contributed by atoms with E-state index in [0.29, 0.717) is 25.7 Å². The van der Waals surface area contributed by atoms with E-state index in [9.17, 15) is 43.2 Å². The van der Waals surface area contributed by atoms with E-state index < -0.39 is 97.5 Å². The van der Waals surface area contributed by atoms with Gasteiger partial charge in [0.1, 0.15) is 19.3 Å². The van der Waals surface area contributed by atoms with E-state index >= 15 is 0 Å². The number of rotatable bonds is 51. The van der Waals surface area contributed by atoms with Gasteiger partial charge in [0, 0.05) is 25.7 Å². The molecule has 0 fully saturated rings. The van der Waals surface area contributed by atoms with Crippen LogP contribution in [-0.2, 0) is 65.4 Å². The van der Waals surface area contributed by atoms with Crippen molar-refractivity contribution in [3.63, 3.8) is 0 Å². The minimum absolute atomic E-state index is 0.0985. The lowest BCUT2D eigenvalue weighted by Crippen LogP contribution is -2.30. The van der Waals surface area contributed by atoms with Crippen LogP contribution in [0.3, 0.4) is 0 Å². The van der Waals surface area contributed by atoms with Crippen molar-refractivity contribution >= 4 is 39.5 Å². The van der Waals surface area contributed by atoms with Crippen molar-refractivity contribution in [2.24, 2.45) is 5.92 Å². The minimum Gasteiger partial charge on any atom is -0.462 e. The molecule has 0 saturated carbocycles. The molecule has 0 bridgehead atoms. The second-order valence-corrected chi connectivity index (χ2v) is 21.7. The Morgan fingerprint density at radius 1 is 0.400 bits per heavy atom. The van der Waals surface area contributed by atoms with Crippen molar-refractivity contribution in [2.75, 3.05) is 39.6 Å². The molecule has 0 spiro atoms. The highest BCUT2D eigenvalue weighted by molar-refractivity contribution is 7.47. The van der Waals surface area contributed by atoms with E-state index in [2.05, 4.69) is 34.6 Å². The zero-order chi connectivity index (χ0) is 52.1. The standard InChI is InChI=1S/C51H98O17P2/c1-6-10-13-16-17-21-26-30-35-49(54)62-41-47(68-51(56)37-32-27-22-19-18-20-25-28-33-44(5)9-4)43-66-70(59,60)64-39-45(52)38-63-69(57,58)65-42-46(67-50(55)36-31-24-15-12-8-3)40-61-48(53)34-29-23-14-11-7-2/h44-47,52H,6-43H2,1-5H3,(H,57,58)(H,59,60)/t44?,45-,46+,47+/m0/s1. The Morgan fingerprint density at radius 3 is 1.01 bits per heavy atom. The van der Waals surface area contributed by atoms with Crippen LogP contribution in [0.25, 0.3) is 0 Å². The van der Waals surface area contributed by atoms with Crippen molar-refractivity contribution in [1.82, 2.24) is 0 Å². The molecule has 0 amide bonds. The topological polar surface area (TPSA) is 237 Å². The fraction of sp³-hybridized carbons (Fsp3) is 0.922. The summed E-state index contributed by atoms with van der Waals surface area (Å²) in [7, 11) is -9.84. The van der Waals surface area contributed by atoms with E-state index in [1.54, 1.807) is 0 Å². The van der Waals surface area contributed by atoms with Crippen LogP contribution >= 0.6 is 15.6 Å². The summed E-state index contributed by atoms with van der Waals surface area (Å²) in [4.78, 5) is 71.0. The van der Waals surface area contributed by atoms with E-state index in [0.717, 1.165) is 109 Å². The second-order valence-electron chi connectivity index (χ2n) is 18.8. The highest BCUT2D eigenvalue weighted by Gasteiger charge is 2.30. The summed E-state index contributed by atoms with van der Waals surface area (Å²) in [5.74, 6) is -1.41. The molecule has 3 unspecified atom stereocenters. The highest BCUT2D eigenvalue weighted by atomic mass is 31.2. The summed E-state index contributed by atoms with van der Waals surface area (Å²) < 4.78 is 67.0. The quantitative estimate of drug-likeness (QED) is 0.0222. The average Bonchev–Trinajstić information content (AvgIpc) is 3.33. The number of ether oxygens (including phenoxy) is 4. The van der Waals surface area contributed by atoms with Gasteiger partial charge in [-0.05, 0) is 31.6 Å². The van der Waals surface area contributed by atoms with Crippen LogP contribution in [-0.4, -0.2) is 96.7 Å². The Balaban J connectivity index is 5.15. The van der Waals surface area contributed by atoms with Gasteiger partial charge in [0.2, 0.25) is 0 Å². The summed E-state index contributed by atoms with van der Waals surface area (Å²) in [5, 5.41) is 10.4. The molecule has 0 aromatic rings. The maximum Gasteiger partial charge on any atom is 0.472 e. The minimum atomic E-state index is -4.92. The first-order valence-electron chi connectivity index (χ1n) is 27.2. The van der Waals surface area contributed by atoms with E-state index in [1.807, 2.05) is 0 Å². The van der Waals surface area contributed by atoms with Gasteiger partial charge in [0.05, 0.1) is 26.4 Å². The van der Waals surface area contributed by atoms with Gasteiger partial charge in [-0.25, -0.2) is 9.13 Å². The molecule has 0 radical (unpaired) electrons.